The van der Waals surface area contributed by atoms with Gasteiger partial charge in [-0.25, -0.2) is 10.2 Å². The van der Waals surface area contributed by atoms with Crippen LogP contribution in [0.2, 0.25) is 0 Å². The second kappa shape index (κ2) is 10.6. The van der Waals surface area contributed by atoms with Gasteiger partial charge < -0.3 is 14.2 Å². The lowest BCUT2D eigenvalue weighted by atomic mass is 10.2. The molecule has 0 aliphatic heterocycles. The molecule has 0 aliphatic rings. The molecule has 27 heavy (non-hydrogen) atoms. The molecule has 9 heteroatoms. The van der Waals surface area contributed by atoms with Crippen molar-refractivity contribution in [3.05, 3.63) is 60.2 Å². The zero-order chi connectivity index (χ0) is 19.5. The highest BCUT2D eigenvalue weighted by Gasteiger charge is 2.09. The van der Waals surface area contributed by atoms with Crippen molar-refractivity contribution in [1.29, 1.82) is 0 Å². The van der Waals surface area contributed by atoms with Gasteiger partial charge in [-0.05, 0) is 42.5 Å². The van der Waals surface area contributed by atoms with Crippen molar-refractivity contribution in [2.75, 3.05) is 20.3 Å². The number of nitrogens with one attached hydrogen (secondary N) is 3. The third-order valence-corrected chi connectivity index (χ3v) is 3.35. The van der Waals surface area contributed by atoms with Crippen LogP contribution in [0.25, 0.3) is 0 Å². The topological polar surface area (TPSA) is 97.9 Å². The van der Waals surface area contributed by atoms with Crippen molar-refractivity contribution in [2.45, 2.75) is 0 Å². The van der Waals surface area contributed by atoms with Crippen molar-refractivity contribution in [1.82, 2.24) is 16.2 Å². The Morgan fingerprint density at radius 1 is 0.926 bits per heavy atom. The molecule has 0 unspecified atom stereocenters. The Morgan fingerprint density at radius 2 is 1.59 bits per heavy atom. The molecule has 0 saturated carbocycles. The average Bonchev–Trinajstić information content (AvgIpc) is 2.70. The van der Waals surface area contributed by atoms with E-state index in [1.54, 1.807) is 24.3 Å². The number of amides is 2. The number of hydrogen-bond donors (Lipinski definition) is 3. The molecule has 3 N–H and O–H groups in total. The van der Waals surface area contributed by atoms with Crippen LogP contribution in [0, 0.1) is 0 Å². The third-order valence-electron chi connectivity index (χ3n) is 3.15. The Kier molecular flexibility index (Phi) is 7.86. The van der Waals surface area contributed by atoms with E-state index >= 15 is 0 Å². The van der Waals surface area contributed by atoms with Crippen LogP contribution in [0.3, 0.4) is 0 Å². The number of hydrogen-bond acceptors (Lipinski definition) is 6. The summed E-state index contributed by atoms with van der Waals surface area (Å²) in [5, 5.41) is 2.35. The third kappa shape index (κ3) is 7.20. The minimum absolute atomic E-state index is 0.0759. The first-order valence-corrected chi connectivity index (χ1v) is 8.35. The van der Waals surface area contributed by atoms with Gasteiger partial charge in [0.05, 0.1) is 7.11 Å². The van der Waals surface area contributed by atoms with Crippen molar-refractivity contribution < 1.29 is 23.8 Å². The normalized spacial score (nSPS) is 9.67. The molecule has 0 saturated heterocycles. The second-order valence-corrected chi connectivity index (χ2v) is 5.47. The molecule has 0 atom stereocenters. The van der Waals surface area contributed by atoms with Crippen molar-refractivity contribution in [2.24, 2.45) is 0 Å². The maximum atomic E-state index is 12.2. The molecule has 8 nitrogen and oxygen atoms in total. The van der Waals surface area contributed by atoms with Gasteiger partial charge in [-0.3, -0.25) is 15.5 Å². The van der Waals surface area contributed by atoms with Gasteiger partial charge in [-0.15, -0.1) is 0 Å². The molecule has 2 aromatic rings. The summed E-state index contributed by atoms with van der Waals surface area (Å²) in [4.78, 5) is 23.1. The number of ether oxygens (including phenoxy) is 3. The highest BCUT2D eigenvalue weighted by atomic mass is 32.1. The van der Waals surface area contributed by atoms with Crippen LogP contribution in [0.4, 0.5) is 4.79 Å². The van der Waals surface area contributed by atoms with Gasteiger partial charge in [0.25, 0.3) is 5.91 Å². The van der Waals surface area contributed by atoms with Gasteiger partial charge in [0.15, 0.2) is 5.11 Å². The maximum Gasteiger partial charge on any atom is 0.425 e. The van der Waals surface area contributed by atoms with E-state index < -0.39 is 12.0 Å². The van der Waals surface area contributed by atoms with E-state index in [-0.39, 0.29) is 5.11 Å². The minimum atomic E-state index is -0.736. The van der Waals surface area contributed by atoms with Gasteiger partial charge in [-0.2, -0.15) is 0 Å². The number of hydrazine groups is 1. The lowest BCUT2D eigenvalue weighted by Crippen LogP contribution is -2.48. The first-order chi connectivity index (χ1) is 13.1. The van der Waals surface area contributed by atoms with Crippen LogP contribution in [0.15, 0.2) is 54.6 Å². The zero-order valence-electron chi connectivity index (χ0n) is 14.6. The smallest absolute Gasteiger partial charge is 0.425 e. The number of methoxy groups -OCH3 is 1. The zero-order valence-corrected chi connectivity index (χ0v) is 15.4. The molecule has 0 radical (unpaired) electrons. The minimum Gasteiger partial charge on any atom is -0.490 e. The Bertz CT molecular complexity index is 786. The molecule has 2 amide bonds. The van der Waals surface area contributed by atoms with Gasteiger partial charge in [0, 0.05) is 5.56 Å². The lowest BCUT2D eigenvalue weighted by Gasteiger charge is -2.11. The number of carbonyl (C=O) groups is 2. The highest BCUT2D eigenvalue weighted by molar-refractivity contribution is 7.80. The molecule has 0 aromatic heterocycles. The number of thiocarbonyl (C=S) groups is 1. The molecule has 142 valence electrons. The molecule has 0 fully saturated rings. The molecule has 0 aliphatic carbocycles. The van der Waals surface area contributed by atoms with E-state index in [0.29, 0.717) is 24.5 Å². The van der Waals surface area contributed by atoms with Crippen LogP contribution in [0.5, 0.6) is 11.5 Å². The number of para-hydroxylation sites is 1. The van der Waals surface area contributed by atoms with Crippen LogP contribution in [0.1, 0.15) is 10.4 Å². The maximum absolute atomic E-state index is 12.2. The van der Waals surface area contributed by atoms with Crippen LogP contribution < -0.4 is 25.6 Å². The first kappa shape index (κ1) is 20.0. The summed E-state index contributed by atoms with van der Waals surface area (Å²) in [7, 11) is 1.20. The molecular formula is C18H19N3O5S. The molecular weight excluding hydrogens is 370 g/mol. The average molecular weight is 389 g/mol. The fourth-order valence-electron chi connectivity index (χ4n) is 1.93. The van der Waals surface area contributed by atoms with Gasteiger partial charge >= 0.3 is 6.09 Å². The molecule has 2 rings (SSSR count). The number of rotatable bonds is 6. The summed E-state index contributed by atoms with van der Waals surface area (Å²) in [6.07, 6.45) is -0.736. The molecule has 0 bridgehead atoms. The lowest BCUT2D eigenvalue weighted by molar-refractivity contribution is 0.0975. The predicted molar refractivity (Wildman–Crippen MR) is 103 cm³/mol. The largest absolute Gasteiger partial charge is 0.490 e. The second-order valence-electron chi connectivity index (χ2n) is 5.06. The van der Waals surface area contributed by atoms with Crippen molar-refractivity contribution in [3.8, 4) is 11.5 Å². The van der Waals surface area contributed by atoms with Crippen LogP contribution in [-0.2, 0) is 4.74 Å². The Morgan fingerprint density at radius 3 is 2.30 bits per heavy atom. The quantitative estimate of drug-likeness (QED) is 0.395. The molecule has 0 heterocycles. The first-order valence-electron chi connectivity index (χ1n) is 7.94. The monoisotopic (exact) mass is 389 g/mol. The summed E-state index contributed by atoms with van der Waals surface area (Å²) in [6.45, 7) is 0.691. The highest BCUT2D eigenvalue weighted by Crippen LogP contribution is 2.14. The number of carbonyl (C=O) groups excluding carboxylic acids is 2. The van der Waals surface area contributed by atoms with Crippen LogP contribution in [-0.4, -0.2) is 37.4 Å². The van der Waals surface area contributed by atoms with Crippen molar-refractivity contribution >= 4 is 29.3 Å². The summed E-state index contributed by atoms with van der Waals surface area (Å²) < 4.78 is 15.5. The summed E-state index contributed by atoms with van der Waals surface area (Å²) in [5.74, 6) is 0.826. The Hall–Kier alpha value is -3.33. The fraction of sp³-hybridized carbons (Fsp3) is 0.167. The van der Waals surface area contributed by atoms with Gasteiger partial charge in [-0.1, -0.05) is 24.3 Å². The van der Waals surface area contributed by atoms with Gasteiger partial charge in [0.2, 0.25) is 0 Å². The number of benzene rings is 2. The van der Waals surface area contributed by atoms with Crippen LogP contribution >= 0.6 is 12.2 Å². The summed E-state index contributed by atoms with van der Waals surface area (Å²) in [6, 6.07) is 16.0. The van der Waals surface area contributed by atoms with Crippen molar-refractivity contribution in [3.63, 3.8) is 0 Å². The van der Waals surface area contributed by atoms with E-state index in [9.17, 15) is 9.59 Å². The predicted octanol–water partition coefficient (Wildman–Crippen LogP) is 2.02. The summed E-state index contributed by atoms with van der Waals surface area (Å²) >= 11 is 4.90. The van der Waals surface area contributed by atoms with E-state index in [0.717, 1.165) is 5.75 Å². The van der Waals surface area contributed by atoms with E-state index in [1.165, 1.54) is 7.11 Å². The Balaban J connectivity index is 1.78. The fourth-order valence-corrected chi connectivity index (χ4v) is 2.07. The van der Waals surface area contributed by atoms with E-state index in [2.05, 4.69) is 20.9 Å². The van der Waals surface area contributed by atoms with Gasteiger partial charge in [0.1, 0.15) is 24.7 Å². The SMILES string of the molecule is COC(=O)NNC(=S)NC(=O)c1cccc(OCCOc2ccccc2)c1. The molecule has 2 aromatic carbocycles. The standard InChI is InChI=1S/C18H19N3O5S/c1-24-18(23)21-20-17(27)19-16(22)13-6-5-9-15(12-13)26-11-10-25-14-7-3-2-4-8-14/h2-9,12H,10-11H2,1H3,(H,21,23)(H2,19,20,22,27). The Labute approximate surface area is 161 Å². The van der Waals surface area contributed by atoms with E-state index in [1.807, 2.05) is 30.3 Å². The van der Waals surface area contributed by atoms with E-state index in [4.69, 9.17) is 21.7 Å². The molecule has 0 spiro atoms. The summed E-state index contributed by atoms with van der Waals surface area (Å²) in [5.41, 5.74) is 4.82.